The van der Waals surface area contributed by atoms with Crippen molar-refractivity contribution in [2.24, 2.45) is 0 Å². The van der Waals surface area contributed by atoms with Crippen molar-refractivity contribution in [3.63, 3.8) is 0 Å². The molecule has 3 nitrogen and oxygen atoms in total. The van der Waals surface area contributed by atoms with Crippen LogP contribution in [0.5, 0.6) is 0 Å². The molecule has 1 N–H and O–H groups in total. The quantitative estimate of drug-likeness (QED) is 0.821. The third-order valence-electron chi connectivity index (χ3n) is 1.90. The monoisotopic (exact) mass is 290 g/mol. The predicted molar refractivity (Wildman–Crippen MR) is 59.6 cm³/mol. The Labute approximate surface area is 97.4 Å². The van der Waals surface area contributed by atoms with Crippen LogP contribution in [0.1, 0.15) is 5.82 Å². The summed E-state index contributed by atoms with van der Waals surface area (Å²) in [6.45, 7) is 0. The second-order valence-corrected chi connectivity index (χ2v) is 4.05. The van der Waals surface area contributed by atoms with E-state index in [4.69, 9.17) is 11.6 Å². The summed E-state index contributed by atoms with van der Waals surface area (Å²) in [5, 5.41) is 0.324. The van der Waals surface area contributed by atoms with Gasteiger partial charge in [-0.3, -0.25) is 4.79 Å². The van der Waals surface area contributed by atoms with Gasteiger partial charge in [-0.05, 0) is 22.0 Å². The highest BCUT2D eigenvalue weighted by Crippen LogP contribution is 2.21. The lowest BCUT2D eigenvalue weighted by molar-refractivity contribution is 0.628. The molecule has 0 saturated heterocycles. The van der Waals surface area contributed by atoms with E-state index < -0.39 is 5.82 Å². The molecule has 2 aromatic rings. The molecule has 0 saturated carbocycles. The number of rotatable bonds is 1. The van der Waals surface area contributed by atoms with Crippen LogP contribution in [0.15, 0.2) is 21.4 Å². The van der Waals surface area contributed by atoms with Crippen molar-refractivity contribution in [1.82, 2.24) is 9.97 Å². The van der Waals surface area contributed by atoms with E-state index in [9.17, 15) is 9.18 Å². The summed E-state index contributed by atoms with van der Waals surface area (Å²) in [5.41, 5.74) is -0.0381. The van der Waals surface area contributed by atoms with E-state index >= 15 is 0 Å². The van der Waals surface area contributed by atoms with Crippen molar-refractivity contribution in [1.29, 1.82) is 0 Å². The molecule has 0 aliphatic carbocycles. The van der Waals surface area contributed by atoms with Crippen LogP contribution in [0.3, 0.4) is 0 Å². The zero-order chi connectivity index (χ0) is 11.0. The molecule has 78 valence electrons. The number of hydrogen-bond donors (Lipinski definition) is 1. The van der Waals surface area contributed by atoms with Crippen LogP contribution >= 0.6 is 27.5 Å². The van der Waals surface area contributed by atoms with Gasteiger partial charge in [0, 0.05) is 10.5 Å². The highest BCUT2D eigenvalue weighted by Gasteiger charge is 2.08. The third-order valence-corrected chi connectivity index (χ3v) is 2.78. The molecule has 0 atom stereocenters. The summed E-state index contributed by atoms with van der Waals surface area (Å²) in [5.74, 6) is -0.0427. The molecule has 0 aliphatic heterocycles. The Balaban J connectivity index is 2.91. The van der Waals surface area contributed by atoms with Crippen molar-refractivity contribution in [2.45, 2.75) is 5.88 Å². The van der Waals surface area contributed by atoms with Crippen LogP contribution < -0.4 is 5.56 Å². The molecule has 0 radical (unpaired) electrons. The standard InChI is InChI=1S/C9H5BrClFN2O/c10-5-1-4(12)2-6-8(5)9(15)14-7(3-11)13-6/h1-2H,3H2,(H,13,14,15). The van der Waals surface area contributed by atoms with Crippen molar-refractivity contribution in [2.75, 3.05) is 0 Å². The van der Waals surface area contributed by atoms with Crippen LogP contribution in [0.2, 0.25) is 0 Å². The van der Waals surface area contributed by atoms with Gasteiger partial charge in [0.25, 0.3) is 5.56 Å². The number of nitrogens with zero attached hydrogens (tertiary/aromatic N) is 1. The van der Waals surface area contributed by atoms with Gasteiger partial charge in [0.1, 0.15) is 11.6 Å². The molecule has 0 fully saturated rings. The van der Waals surface area contributed by atoms with Crippen molar-refractivity contribution in [3.8, 4) is 0 Å². The van der Waals surface area contributed by atoms with Gasteiger partial charge in [0.15, 0.2) is 0 Å². The second kappa shape index (κ2) is 3.90. The molecule has 0 amide bonds. The minimum absolute atomic E-state index is 0.0827. The molecular formula is C9H5BrClFN2O. The molecule has 0 bridgehead atoms. The number of aromatic nitrogens is 2. The Kier molecular flexibility index (Phi) is 2.75. The summed E-state index contributed by atoms with van der Waals surface area (Å²) >= 11 is 8.65. The largest absolute Gasteiger partial charge is 0.309 e. The maximum atomic E-state index is 13.0. The maximum Gasteiger partial charge on any atom is 0.259 e. The average molecular weight is 292 g/mol. The Morgan fingerprint density at radius 2 is 2.27 bits per heavy atom. The minimum Gasteiger partial charge on any atom is -0.309 e. The number of halogens is 3. The third kappa shape index (κ3) is 1.89. The predicted octanol–water partition coefficient (Wildman–Crippen LogP) is 2.56. The first-order chi connectivity index (χ1) is 7.11. The lowest BCUT2D eigenvalue weighted by Crippen LogP contribution is -2.11. The number of hydrogen-bond acceptors (Lipinski definition) is 2. The number of alkyl halides is 1. The summed E-state index contributed by atoms with van der Waals surface area (Å²) in [6.07, 6.45) is 0. The normalized spacial score (nSPS) is 10.9. The first kappa shape index (κ1) is 10.6. The molecular weight excluding hydrogens is 286 g/mol. The first-order valence-corrected chi connectivity index (χ1v) is 5.38. The van der Waals surface area contributed by atoms with E-state index in [0.29, 0.717) is 21.2 Å². The van der Waals surface area contributed by atoms with Gasteiger partial charge in [0.2, 0.25) is 0 Å². The smallest absolute Gasteiger partial charge is 0.259 e. The van der Waals surface area contributed by atoms with Gasteiger partial charge in [-0.2, -0.15) is 0 Å². The van der Waals surface area contributed by atoms with E-state index in [2.05, 4.69) is 25.9 Å². The molecule has 0 spiro atoms. The highest BCUT2D eigenvalue weighted by atomic mass is 79.9. The van der Waals surface area contributed by atoms with Crippen LogP contribution in [0.4, 0.5) is 4.39 Å². The second-order valence-electron chi connectivity index (χ2n) is 2.93. The number of fused-ring (bicyclic) bond motifs is 1. The minimum atomic E-state index is -0.451. The van der Waals surface area contributed by atoms with E-state index in [-0.39, 0.29) is 11.4 Å². The zero-order valence-electron chi connectivity index (χ0n) is 7.35. The summed E-state index contributed by atoms with van der Waals surface area (Å²) in [4.78, 5) is 18.1. The van der Waals surface area contributed by atoms with Gasteiger partial charge < -0.3 is 4.98 Å². The lowest BCUT2D eigenvalue weighted by Gasteiger charge is -2.01. The summed E-state index contributed by atoms with van der Waals surface area (Å²) in [6, 6.07) is 2.42. The molecule has 2 rings (SSSR count). The topological polar surface area (TPSA) is 45.8 Å². The van der Waals surface area contributed by atoms with Crippen LogP contribution in [0, 0.1) is 5.82 Å². The number of nitrogens with one attached hydrogen (secondary N) is 1. The zero-order valence-corrected chi connectivity index (χ0v) is 9.69. The Bertz CT molecular complexity index is 584. The molecule has 6 heteroatoms. The van der Waals surface area contributed by atoms with Crippen LogP contribution in [-0.4, -0.2) is 9.97 Å². The van der Waals surface area contributed by atoms with Crippen LogP contribution in [0.25, 0.3) is 10.9 Å². The van der Waals surface area contributed by atoms with Gasteiger partial charge in [-0.25, -0.2) is 9.37 Å². The number of aromatic amines is 1. The lowest BCUT2D eigenvalue weighted by atomic mass is 10.2. The fourth-order valence-electron chi connectivity index (χ4n) is 1.30. The molecule has 1 aromatic heterocycles. The van der Waals surface area contributed by atoms with Gasteiger partial charge in [0.05, 0.1) is 16.8 Å². The fourth-order valence-corrected chi connectivity index (χ4v) is 2.03. The van der Waals surface area contributed by atoms with Crippen molar-refractivity contribution < 1.29 is 4.39 Å². The van der Waals surface area contributed by atoms with Gasteiger partial charge in [-0.1, -0.05) is 0 Å². The van der Waals surface area contributed by atoms with E-state index in [0.717, 1.165) is 0 Å². The molecule has 15 heavy (non-hydrogen) atoms. The molecule has 0 aliphatic rings. The summed E-state index contributed by atoms with van der Waals surface area (Å²) in [7, 11) is 0. The van der Waals surface area contributed by atoms with E-state index in [1.807, 2.05) is 0 Å². The SMILES string of the molecule is O=c1[nH]c(CCl)nc2cc(F)cc(Br)c12. The van der Waals surface area contributed by atoms with Crippen LogP contribution in [-0.2, 0) is 5.88 Å². The Morgan fingerprint density at radius 3 is 2.93 bits per heavy atom. The Hall–Kier alpha value is -0.940. The average Bonchev–Trinajstić information content (AvgIpc) is 2.15. The summed E-state index contributed by atoms with van der Waals surface area (Å²) < 4.78 is 13.4. The molecule has 1 aromatic carbocycles. The van der Waals surface area contributed by atoms with E-state index in [1.54, 1.807) is 0 Å². The van der Waals surface area contributed by atoms with Gasteiger partial charge >= 0.3 is 0 Å². The number of benzene rings is 1. The molecule has 0 unspecified atom stereocenters. The molecule has 1 heterocycles. The number of H-pyrrole nitrogens is 1. The van der Waals surface area contributed by atoms with E-state index in [1.165, 1.54) is 12.1 Å². The fraction of sp³-hybridized carbons (Fsp3) is 0.111. The van der Waals surface area contributed by atoms with Crippen molar-refractivity contribution in [3.05, 3.63) is 38.6 Å². The Morgan fingerprint density at radius 1 is 1.53 bits per heavy atom. The highest BCUT2D eigenvalue weighted by molar-refractivity contribution is 9.10. The first-order valence-electron chi connectivity index (χ1n) is 4.05. The van der Waals surface area contributed by atoms with Crippen molar-refractivity contribution >= 4 is 38.4 Å². The maximum absolute atomic E-state index is 13.0. The van der Waals surface area contributed by atoms with Gasteiger partial charge in [-0.15, -0.1) is 11.6 Å².